The minimum absolute atomic E-state index is 0.00735. The zero-order valence-electron chi connectivity index (χ0n) is 20.3. The lowest BCUT2D eigenvalue weighted by atomic mass is 9.85. The molecule has 0 aromatic carbocycles. The van der Waals surface area contributed by atoms with Crippen molar-refractivity contribution < 1.29 is 23.9 Å². The molecule has 3 atom stereocenters. The molecule has 33 heavy (non-hydrogen) atoms. The van der Waals surface area contributed by atoms with Crippen LogP contribution in [-0.2, 0) is 19.1 Å². The van der Waals surface area contributed by atoms with Crippen LogP contribution in [0.3, 0.4) is 0 Å². The molecule has 3 heterocycles. The van der Waals surface area contributed by atoms with Gasteiger partial charge in [-0.3, -0.25) is 24.3 Å². The second-order valence-corrected chi connectivity index (χ2v) is 9.67. The number of ether oxygens (including phenoxy) is 2. The highest BCUT2D eigenvalue weighted by Gasteiger charge is 2.42. The lowest BCUT2D eigenvalue weighted by molar-refractivity contribution is -0.156. The van der Waals surface area contributed by atoms with Crippen LogP contribution in [0.2, 0.25) is 0 Å². The van der Waals surface area contributed by atoms with Crippen LogP contribution in [0.15, 0.2) is 24.5 Å². The van der Waals surface area contributed by atoms with E-state index < -0.39 is 11.9 Å². The molecule has 0 saturated carbocycles. The Morgan fingerprint density at radius 2 is 1.85 bits per heavy atom. The summed E-state index contributed by atoms with van der Waals surface area (Å²) in [7, 11) is 3.75. The predicted molar refractivity (Wildman–Crippen MR) is 124 cm³/mol. The Morgan fingerprint density at radius 1 is 1.18 bits per heavy atom. The number of carbonyl (C=O) groups excluding carboxylic acids is 3. The number of ketones is 1. The number of amides is 1. The maximum absolute atomic E-state index is 12.9. The maximum Gasteiger partial charge on any atom is 0.316 e. The standard InChI is InChI=1S/C25H37N3O5/c1-18-15-21(32-4)5-6-22(29)19(2)24(31)33-17-25(27(3)16-18)9-13-28(14-10-25)23(30)20-7-11-26-12-8-20/h7-8,11-12,18-19,21H,5-6,9-10,13-17H2,1-4H3/t18-,19?,21?/m1/s1. The number of methoxy groups -OCH3 is 1. The average Bonchev–Trinajstić information content (AvgIpc) is 2.84. The van der Waals surface area contributed by atoms with Crippen LogP contribution in [0.1, 0.15) is 56.3 Å². The van der Waals surface area contributed by atoms with Crippen LogP contribution >= 0.6 is 0 Å². The molecule has 0 N–H and O–H groups in total. The second-order valence-electron chi connectivity index (χ2n) is 9.67. The third kappa shape index (κ3) is 6.18. The van der Waals surface area contributed by atoms with E-state index in [1.165, 1.54) is 0 Å². The Bertz CT molecular complexity index is 823. The quantitative estimate of drug-likeness (QED) is 0.496. The molecule has 0 bridgehead atoms. The fourth-order valence-corrected chi connectivity index (χ4v) is 4.94. The molecule has 8 heteroatoms. The van der Waals surface area contributed by atoms with Crippen molar-refractivity contribution in [1.82, 2.24) is 14.8 Å². The number of likely N-dealkylation sites (N-methyl/N-ethyl adjacent to an activating group) is 1. The van der Waals surface area contributed by atoms with Gasteiger partial charge < -0.3 is 14.4 Å². The molecular weight excluding hydrogens is 422 g/mol. The largest absolute Gasteiger partial charge is 0.463 e. The third-order valence-corrected chi connectivity index (χ3v) is 7.33. The number of pyridine rings is 1. The number of piperidine rings is 1. The molecule has 2 aliphatic rings. The Kier molecular flexibility index (Phi) is 8.59. The molecule has 0 aliphatic carbocycles. The monoisotopic (exact) mass is 459 g/mol. The molecule has 1 amide bonds. The smallest absolute Gasteiger partial charge is 0.316 e. The zero-order valence-corrected chi connectivity index (χ0v) is 20.3. The molecule has 1 spiro atoms. The molecule has 3 rings (SSSR count). The van der Waals surface area contributed by atoms with Crippen LogP contribution < -0.4 is 0 Å². The van der Waals surface area contributed by atoms with Gasteiger partial charge in [-0.05, 0) is 57.7 Å². The molecule has 1 aromatic heterocycles. The van der Waals surface area contributed by atoms with Gasteiger partial charge in [0.05, 0.1) is 11.6 Å². The van der Waals surface area contributed by atoms with E-state index in [1.807, 2.05) is 4.90 Å². The van der Waals surface area contributed by atoms with Crippen LogP contribution in [0.5, 0.6) is 0 Å². The van der Waals surface area contributed by atoms with Crippen molar-refractivity contribution >= 4 is 17.7 Å². The first kappa shape index (κ1) is 25.3. The lowest BCUT2D eigenvalue weighted by Gasteiger charge is -2.47. The van der Waals surface area contributed by atoms with Crippen molar-refractivity contribution in [2.75, 3.05) is 40.4 Å². The van der Waals surface area contributed by atoms with Gasteiger partial charge in [0.25, 0.3) is 5.91 Å². The van der Waals surface area contributed by atoms with Gasteiger partial charge in [-0.2, -0.15) is 0 Å². The van der Waals surface area contributed by atoms with E-state index in [4.69, 9.17) is 9.47 Å². The number of rotatable bonds is 2. The minimum Gasteiger partial charge on any atom is -0.463 e. The van der Waals surface area contributed by atoms with Crippen molar-refractivity contribution in [2.45, 2.75) is 57.6 Å². The number of Topliss-reactive ketones (excluding diaryl/α,β-unsaturated/α-hetero) is 1. The fraction of sp³-hybridized carbons (Fsp3) is 0.680. The Morgan fingerprint density at radius 3 is 2.48 bits per heavy atom. The van der Waals surface area contributed by atoms with E-state index in [0.717, 1.165) is 13.0 Å². The van der Waals surface area contributed by atoms with Crippen LogP contribution in [0, 0.1) is 11.8 Å². The number of aromatic nitrogens is 1. The second kappa shape index (κ2) is 11.2. The van der Waals surface area contributed by atoms with E-state index in [0.29, 0.717) is 50.3 Å². The normalized spacial score (nSPS) is 27.9. The fourth-order valence-electron chi connectivity index (χ4n) is 4.94. The molecule has 0 radical (unpaired) electrons. The summed E-state index contributed by atoms with van der Waals surface area (Å²) in [5.74, 6) is -1.01. The highest BCUT2D eigenvalue weighted by molar-refractivity contribution is 5.98. The highest BCUT2D eigenvalue weighted by Crippen LogP contribution is 2.31. The van der Waals surface area contributed by atoms with E-state index in [9.17, 15) is 14.4 Å². The molecular formula is C25H37N3O5. The van der Waals surface area contributed by atoms with Gasteiger partial charge in [0.2, 0.25) is 0 Å². The van der Waals surface area contributed by atoms with Crippen molar-refractivity contribution in [3.63, 3.8) is 0 Å². The van der Waals surface area contributed by atoms with Gasteiger partial charge in [-0.25, -0.2) is 0 Å². The third-order valence-electron chi connectivity index (χ3n) is 7.33. The molecule has 2 fully saturated rings. The van der Waals surface area contributed by atoms with Gasteiger partial charge in [0.15, 0.2) is 0 Å². The van der Waals surface area contributed by atoms with Crippen molar-refractivity contribution in [3.8, 4) is 0 Å². The first-order valence-electron chi connectivity index (χ1n) is 11.9. The summed E-state index contributed by atoms with van der Waals surface area (Å²) in [6.45, 7) is 6.01. The average molecular weight is 460 g/mol. The van der Waals surface area contributed by atoms with Crippen LogP contribution in [0.25, 0.3) is 0 Å². The summed E-state index contributed by atoms with van der Waals surface area (Å²) >= 11 is 0. The summed E-state index contributed by atoms with van der Waals surface area (Å²) in [5, 5.41) is 0. The SMILES string of the molecule is COC1CCC(=O)C(C)C(=O)OCC2(CCN(C(=O)c3ccncc3)CC2)N(C)C[C@H](C)C1. The summed E-state index contributed by atoms with van der Waals surface area (Å²) in [4.78, 5) is 46.2. The summed E-state index contributed by atoms with van der Waals surface area (Å²) < 4.78 is 11.4. The lowest BCUT2D eigenvalue weighted by Crippen LogP contribution is -2.58. The van der Waals surface area contributed by atoms with Gasteiger partial charge in [0.1, 0.15) is 18.3 Å². The Balaban J connectivity index is 1.76. The number of hydrogen-bond donors (Lipinski definition) is 0. The van der Waals surface area contributed by atoms with E-state index in [1.54, 1.807) is 38.6 Å². The van der Waals surface area contributed by atoms with Crippen molar-refractivity contribution in [2.24, 2.45) is 11.8 Å². The predicted octanol–water partition coefficient (Wildman–Crippen LogP) is 2.57. The van der Waals surface area contributed by atoms with E-state index in [2.05, 4.69) is 23.9 Å². The Labute approximate surface area is 196 Å². The first-order chi connectivity index (χ1) is 15.8. The molecule has 2 aliphatic heterocycles. The zero-order chi connectivity index (χ0) is 24.0. The van der Waals surface area contributed by atoms with E-state index in [-0.39, 0.29) is 29.9 Å². The minimum atomic E-state index is -0.781. The Hall–Kier alpha value is -2.32. The number of esters is 1. The van der Waals surface area contributed by atoms with Crippen LogP contribution in [-0.4, -0.2) is 84.5 Å². The number of cyclic esters (lactones) is 1. The van der Waals surface area contributed by atoms with Crippen molar-refractivity contribution in [1.29, 1.82) is 0 Å². The van der Waals surface area contributed by atoms with Gasteiger partial charge in [-0.1, -0.05) is 6.92 Å². The van der Waals surface area contributed by atoms with Crippen LogP contribution in [0.4, 0.5) is 0 Å². The molecule has 8 nitrogen and oxygen atoms in total. The van der Waals surface area contributed by atoms with Gasteiger partial charge >= 0.3 is 5.97 Å². The topological polar surface area (TPSA) is 89.0 Å². The number of likely N-dealkylation sites (tertiary alicyclic amines) is 1. The molecule has 2 unspecified atom stereocenters. The molecule has 1 aromatic rings. The van der Waals surface area contributed by atoms with E-state index >= 15 is 0 Å². The summed E-state index contributed by atoms with van der Waals surface area (Å²) in [6, 6.07) is 3.46. The summed E-state index contributed by atoms with van der Waals surface area (Å²) in [5.41, 5.74) is 0.250. The van der Waals surface area contributed by atoms with Gasteiger partial charge in [0, 0.05) is 51.1 Å². The molecule has 2 saturated heterocycles. The number of nitrogens with zero attached hydrogens (tertiary/aromatic N) is 3. The molecule has 182 valence electrons. The van der Waals surface area contributed by atoms with Gasteiger partial charge in [-0.15, -0.1) is 0 Å². The maximum atomic E-state index is 12.9. The number of hydrogen-bond acceptors (Lipinski definition) is 7. The highest BCUT2D eigenvalue weighted by atomic mass is 16.5. The number of carbonyl (C=O) groups is 3. The first-order valence-corrected chi connectivity index (χ1v) is 11.9. The summed E-state index contributed by atoms with van der Waals surface area (Å²) in [6.07, 6.45) is 6.38. The van der Waals surface area contributed by atoms with Crippen molar-refractivity contribution in [3.05, 3.63) is 30.1 Å².